The summed E-state index contributed by atoms with van der Waals surface area (Å²) in [6, 6.07) is 7.29. The van der Waals surface area contributed by atoms with Crippen LogP contribution in [0, 0.1) is 5.92 Å². The molecule has 6 nitrogen and oxygen atoms in total. The third-order valence-electron chi connectivity index (χ3n) is 3.95. The monoisotopic (exact) mass is 334 g/mol. The molecule has 1 N–H and O–H groups in total. The number of rotatable bonds is 8. The molecule has 0 aliphatic carbocycles. The summed E-state index contributed by atoms with van der Waals surface area (Å²) in [5, 5.41) is 2.89. The first-order valence-electron chi connectivity index (χ1n) is 8.35. The summed E-state index contributed by atoms with van der Waals surface area (Å²) in [4.78, 5) is 26.1. The molecule has 2 rings (SSSR count). The van der Waals surface area contributed by atoms with Gasteiger partial charge in [-0.15, -0.1) is 0 Å². The van der Waals surface area contributed by atoms with Crippen molar-refractivity contribution in [1.82, 2.24) is 5.32 Å². The van der Waals surface area contributed by atoms with Gasteiger partial charge in [-0.3, -0.25) is 9.59 Å². The van der Waals surface area contributed by atoms with Crippen LogP contribution in [-0.2, 0) is 14.3 Å². The minimum absolute atomic E-state index is 0.0246. The van der Waals surface area contributed by atoms with Crippen LogP contribution < -0.4 is 15.0 Å². The molecule has 6 heteroatoms. The first kappa shape index (κ1) is 18.3. The molecule has 1 aliphatic heterocycles. The fraction of sp³-hybridized carbons (Fsp3) is 0.556. The van der Waals surface area contributed by atoms with Gasteiger partial charge in [-0.1, -0.05) is 0 Å². The highest BCUT2D eigenvalue weighted by atomic mass is 16.5. The van der Waals surface area contributed by atoms with E-state index in [0.29, 0.717) is 19.7 Å². The van der Waals surface area contributed by atoms with Gasteiger partial charge in [0.25, 0.3) is 0 Å². The van der Waals surface area contributed by atoms with Gasteiger partial charge in [0.1, 0.15) is 5.75 Å². The smallest absolute Gasteiger partial charge is 0.227 e. The highest BCUT2D eigenvalue weighted by Gasteiger charge is 2.34. The normalized spacial score (nSPS) is 17.4. The molecule has 1 fully saturated rings. The second kappa shape index (κ2) is 8.68. The Morgan fingerprint density at radius 2 is 2.04 bits per heavy atom. The van der Waals surface area contributed by atoms with Crippen molar-refractivity contribution in [2.24, 2.45) is 5.92 Å². The van der Waals surface area contributed by atoms with Gasteiger partial charge in [0.2, 0.25) is 11.8 Å². The summed E-state index contributed by atoms with van der Waals surface area (Å²) in [6.45, 7) is 5.57. The Morgan fingerprint density at radius 1 is 1.33 bits per heavy atom. The third-order valence-corrected chi connectivity index (χ3v) is 3.95. The van der Waals surface area contributed by atoms with Crippen molar-refractivity contribution in [3.8, 4) is 5.75 Å². The van der Waals surface area contributed by atoms with Gasteiger partial charge in [0.05, 0.1) is 19.1 Å². The van der Waals surface area contributed by atoms with E-state index >= 15 is 0 Å². The first-order chi connectivity index (χ1) is 11.5. The maximum absolute atomic E-state index is 12.2. The van der Waals surface area contributed by atoms with Crippen molar-refractivity contribution in [2.75, 3.05) is 31.7 Å². The van der Waals surface area contributed by atoms with E-state index in [2.05, 4.69) is 5.32 Å². The van der Waals surface area contributed by atoms with Gasteiger partial charge < -0.3 is 19.7 Å². The Morgan fingerprint density at radius 3 is 2.67 bits per heavy atom. The van der Waals surface area contributed by atoms with Crippen molar-refractivity contribution >= 4 is 17.5 Å². The van der Waals surface area contributed by atoms with Crippen LogP contribution in [0.5, 0.6) is 5.75 Å². The molecular weight excluding hydrogens is 308 g/mol. The number of hydrogen-bond donors (Lipinski definition) is 1. The van der Waals surface area contributed by atoms with Crippen molar-refractivity contribution in [2.45, 2.75) is 32.8 Å². The Labute approximate surface area is 143 Å². The maximum atomic E-state index is 12.2. The van der Waals surface area contributed by atoms with Gasteiger partial charge in [0, 0.05) is 31.8 Å². The first-order valence-corrected chi connectivity index (χ1v) is 8.35. The minimum Gasteiger partial charge on any atom is -0.497 e. The van der Waals surface area contributed by atoms with Crippen molar-refractivity contribution in [1.29, 1.82) is 0 Å². The van der Waals surface area contributed by atoms with Gasteiger partial charge in [-0.25, -0.2) is 0 Å². The Balaban J connectivity index is 1.81. The van der Waals surface area contributed by atoms with Crippen LogP contribution in [0.1, 0.15) is 26.7 Å². The molecule has 1 saturated heterocycles. The second-order valence-corrected chi connectivity index (χ2v) is 6.17. The van der Waals surface area contributed by atoms with Crippen LogP contribution >= 0.6 is 0 Å². The molecule has 2 amide bonds. The highest BCUT2D eigenvalue weighted by Crippen LogP contribution is 2.26. The van der Waals surface area contributed by atoms with E-state index in [1.54, 1.807) is 12.0 Å². The predicted molar refractivity (Wildman–Crippen MR) is 92.2 cm³/mol. The van der Waals surface area contributed by atoms with Crippen molar-refractivity contribution < 1.29 is 19.1 Å². The van der Waals surface area contributed by atoms with Crippen LogP contribution in [-0.4, -0.2) is 44.7 Å². The van der Waals surface area contributed by atoms with E-state index in [1.807, 2.05) is 38.1 Å². The average molecular weight is 334 g/mol. The van der Waals surface area contributed by atoms with Crippen LogP contribution in [0.15, 0.2) is 24.3 Å². The number of hydrogen-bond acceptors (Lipinski definition) is 4. The minimum atomic E-state index is -0.300. The molecule has 1 aromatic rings. The molecule has 1 atom stereocenters. The summed E-state index contributed by atoms with van der Waals surface area (Å²) in [5.74, 6) is 0.348. The summed E-state index contributed by atoms with van der Waals surface area (Å²) in [6.07, 6.45) is 1.22. The Bertz CT molecular complexity index is 557. The third kappa shape index (κ3) is 4.96. The van der Waals surface area contributed by atoms with Gasteiger partial charge in [-0.05, 0) is 44.5 Å². The SMILES string of the molecule is COc1ccc(N2C[C@@H](C(=O)NCCCOC(C)C)CC2=O)cc1. The zero-order chi connectivity index (χ0) is 17.5. The highest BCUT2D eigenvalue weighted by molar-refractivity contribution is 6.00. The molecule has 0 spiro atoms. The number of nitrogens with zero attached hydrogens (tertiary/aromatic N) is 1. The standard InChI is InChI=1S/C18H26N2O4/c1-13(2)24-10-4-9-19-18(22)14-11-17(21)20(12-14)15-5-7-16(23-3)8-6-15/h5-8,13-14H,4,9-12H2,1-3H3,(H,19,22)/t14-/m0/s1. The fourth-order valence-electron chi connectivity index (χ4n) is 2.64. The lowest BCUT2D eigenvalue weighted by Crippen LogP contribution is -2.34. The molecule has 0 bridgehead atoms. The van der Waals surface area contributed by atoms with Crippen LogP contribution in [0.2, 0.25) is 0 Å². The van der Waals surface area contributed by atoms with E-state index in [-0.39, 0.29) is 30.3 Å². The molecule has 24 heavy (non-hydrogen) atoms. The van der Waals surface area contributed by atoms with Crippen LogP contribution in [0.3, 0.4) is 0 Å². The number of methoxy groups -OCH3 is 1. The zero-order valence-corrected chi connectivity index (χ0v) is 14.6. The number of ether oxygens (including phenoxy) is 2. The molecule has 0 radical (unpaired) electrons. The van der Waals surface area contributed by atoms with E-state index in [4.69, 9.17) is 9.47 Å². The van der Waals surface area contributed by atoms with E-state index in [9.17, 15) is 9.59 Å². The number of anilines is 1. The molecule has 0 saturated carbocycles. The lowest BCUT2D eigenvalue weighted by molar-refractivity contribution is -0.126. The number of nitrogens with one attached hydrogen (secondary N) is 1. The summed E-state index contributed by atoms with van der Waals surface area (Å²) in [5.41, 5.74) is 0.793. The predicted octanol–water partition coefficient (Wildman–Crippen LogP) is 1.98. The number of benzene rings is 1. The molecule has 1 heterocycles. The second-order valence-electron chi connectivity index (χ2n) is 6.17. The largest absolute Gasteiger partial charge is 0.497 e. The lowest BCUT2D eigenvalue weighted by Gasteiger charge is -2.17. The van der Waals surface area contributed by atoms with Gasteiger partial charge in [-0.2, -0.15) is 0 Å². The fourth-order valence-corrected chi connectivity index (χ4v) is 2.64. The van der Waals surface area contributed by atoms with E-state index in [0.717, 1.165) is 17.9 Å². The molecular formula is C18H26N2O4. The average Bonchev–Trinajstić information content (AvgIpc) is 2.96. The van der Waals surface area contributed by atoms with E-state index in [1.165, 1.54) is 0 Å². The summed E-state index contributed by atoms with van der Waals surface area (Å²) in [7, 11) is 1.60. The van der Waals surface area contributed by atoms with Gasteiger partial charge in [0.15, 0.2) is 0 Å². The summed E-state index contributed by atoms with van der Waals surface area (Å²) < 4.78 is 10.6. The Kier molecular flexibility index (Phi) is 6.61. The van der Waals surface area contributed by atoms with Crippen LogP contribution in [0.25, 0.3) is 0 Å². The molecule has 1 aromatic carbocycles. The lowest BCUT2D eigenvalue weighted by atomic mass is 10.1. The van der Waals surface area contributed by atoms with Crippen molar-refractivity contribution in [3.05, 3.63) is 24.3 Å². The summed E-state index contributed by atoms with van der Waals surface area (Å²) >= 11 is 0. The molecule has 132 valence electrons. The quantitative estimate of drug-likeness (QED) is 0.738. The zero-order valence-electron chi connectivity index (χ0n) is 14.6. The Hall–Kier alpha value is -2.08. The van der Waals surface area contributed by atoms with Gasteiger partial charge >= 0.3 is 0 Å². The maximum Gasteiger partial charge on any atom is 0.227 e. The molecule has 0 aromatic heterocycles. The number of carbonyl (C=O) groups excluding carboxylic acids is 2. The molecule has 0 unspecified atom stereocenters. The van der Waals surface area contributed by atoms with Crippen LogP contribution in [0.4, 0.5) is 5.69 Å². The van der Waals surface area contributed by atoms with Crippen molar-refractivity contribution in [3.63, 3.8) is 0 Å². The topological polar surface area (TPSA) is 67.9 Å². The van der Waals surface area contributed by atoms with E-state index < -0.39 is 0 Å². The molecule has 1 aliphatic rings. The number of carbonyl (C=O) groups is 2. The number of amides is 2.